The molecular formula is C8H9N3O3S. The molecule has 6 nitrogen and oxygen atoms in total. The molecule has 0 unspecified atom stereocenters. The van der Waals surface area contributed by atoms with Gasteiger partial charge in [-0.2, -0.15) is 0 Å². The molecule has 1 aromatic heterocycles. The first-order valence-electron chi connectivity index (χ1n) is 4.41. The van der Waals surface area contributed by atoms with Crippen LogP contribution < -0.4 is 4.90 Å². The molecule has 0 aromatic carbocycles. The molecule has 2 rings (SSSR count). The average molecular weight is 227 g/mol. The lowest BCUT2D eigenvalue weighted by molar-refractivity contribution is -0.141. The maximum Gasteiger partial charge on any atom is 0.308 e. The van der Waals surface area contributed by atoms with Gasteiger partial charge in [0.1, 0.15) is 5.01 Å². The monoisotopic (exact) mass is 227 g/mol. The zero-order chi connectivity index (χ0) is 11.0. The molecule has 0 radical (unpaired) electrons. The Morgan fingerprint density at radius 2 is 2.33 bits per heavy atom. The molecule has 1 saturated heterocycles. The number of hydrogen-bond donors (Lipinski definition) is 1. The number of aliphatic carboxylic acids is 1. The fourth-order valence-electron chi connectivity index (χ4n) is 1.45. The van der Waals surface area contributed by atoms with Gasteiger partial charge in [0.05, 0.1) is 5.92 Å². The third-order valence-electron chi connectivity index (χ3n) is 2.22. The van der Waals surface area contributed by atoms with E-state index in [9.17, 15) is 9.59 Å². The molecule has 1 fully saturated rings. The highest BCUT2D eigenvalue weighted by atomic mass is 32.1. The molecule has 7 heteroatoms. The number of aromatic nitrogens is 2. The summed E-state index contributed by atoms with van der Waals surface area (Å²) >= 11 is 1.29. The summed E-state index contributed by atoms with van der Waals surface area (Å²) in [6.45, 7) is 1.99. The molecule has 1 amide bonds. The molecule has 80 valence electrons. The summed E-state index contributed by atoms with van der Waals surface area (Å²) in [6.07, 6.45) is 0.0496. The molecule has 1 aliphatic rings. The van der Waals surface area contributed by atoms with E-state index in [0.717, 1.165) is 5.01 Å². The maximum atomic E-state index is 11.5. The Morgan fingerprint density at radius 3 is 2.80 bits per heavy atom. The van der Waals surface area contributed by atoms with E-state index >= 15 is 0 Å². The summed E-state index contributed by atoms with van der Waals surface area (Å²) in [5, 5.41) is 17.7. The Hall–Kier alpha value is -1.50. The van der Waals surface area contributed by atoms with E-state index in [4.69, 9.17) is 5.11 Å². The molecule has 0 aliphatic carbocycles. The van der Waals surface area contributed by atoms with Crippen LogP contribution in [0, 0.1) is 12.8 Å². The van der Waals surface area contributed by atoms with Gasteiger partial charge in [-0.05, 0) is 6.92 Å². The molecule has 1 atom stereocenters. The second-order valence-corrected chi connectivity index (χ2v) is 4.51. The molecule has 0 spiro atoms. The predicted octanol–water partition coefficient (Wildman–Crippen LogP) is 0.284. The van der Waals surface area contributed by atoms with E-state index in [-0.39, 0.29) is 18.9 Å². The van der Waals surface area contributed by atoms with Gasteiger partial charge in [-0.3, -0.25) is 14.5 Å². The largest absolute Gasteiger partial charge is 0.481 e. The number of carboxylic acids is 1. The Bertz CT molecular complexity index is 417. The zero-order valence-corrected chi connectivity index (χ0v) is 8.82. The summed E-state index contributed by atoms with van der Waals surface area (Å²) in [5.41, 5.74) is 0. The fraction of sp³-hybridized carbons (Fsp3) is 0.500. The van der Waals surface area contributed by atoms with Crippen LogP contribution in [0.15, 0.2) is 0 Å². The van der Waals surface area contributed by atoms with Crippen molar-refractivity contribution in [2.75, 3.05) is 11.4 Å². The number of carbonyl (C=O) groups excluding carboxylic acids is 1. The average Bonchev–Trinajstić information content (AvgIpc) is 2.71. The zero-order valence-electron chi connectivity index (χ0n) is 8.01. The number of rotatable bonds is 2. The Labute approximate surface area is 89.5 Å². The number of aryl methyl sites for hydroxylation is 1. The van der Waals surface area contributed by atoms with Gasteiger partial charge in [0.2, 0.25) is 11.0 Å². The normalized spacial score (nSPS) is 21.0. The Kier molecular flexibility index (Phi) is 2.39. The third kappa shape index (κ3) is 1.82. The van der Waals surface area contributed by atoms with Crippen molar-refractivity contribution in [3.8, 4) is 0 Å². The number of hydrogen-bond acceptors (Lipinski definition) is 5. The van der Waals surface area contributed by atoms with Crippen molar-refractivity contribution in [2.24, 2.45) is 5.92 Å². The molecule has 0 bridgehead atoms. The topological polar surface area (TPSA) is 83.4 Å². The van der Waals surface area contributed by atoms with E-state index in [1.165, 1.54) is 16.2 Å². The number of amides is 1. The maximum absolute atomic E-state index is 11.5. The van der Waals surface area contributed by atoms with Crippen molar-refractivity contribution >= 4 is 28.3 Å². The SMILES string of the molecule is Cc1nnc(N2C[C@@H](C(=O)O)CC2=O)s1. The quantitative estimate of drug-likeness (QED) is 0.784. The lowest BCUT2D eigenvalue weighted by Crippen LogP contribution is -2.25. The lowest BCUT2D eigenvalue weighted by atomic mass is 10.1. The van der Waals surface area contributed by atoms with E-state index < -0.39 is 11.9 Å². The molecule has 1 aliphatic heterocycles. The highest BCUT2D eigenvalue weighted by molar-refractivity contribution is 7.15. The number of carboxylic acid groups (broad SMARTS) is 1. The van der Waals surface area contributed by atoms with Crippen molar-refractivity contribution < 1.29 is 14.7 Å². The Balaban J connectivity index is 2.18. The second kappa shape index (κ2) is 3.58. The van der Waals surface area contributed by atoms with Crippen molar-refractivity contribution in [3.63, 3.8) is 0 Å². The first-order chi connectivity index (χ1) is 7.08. The van der Waals surface area contributed by atoms with Gasteiger partial charge in [0.15, 0.2) is 0 Å². The van der Waals surface area contributed by atoms with Crippen molar-refractivity contribution in [2.45, 2.75) is 13.3 Å². The van der Waals surface area contributed by atoms with E-state index in [1.807, 2.05) is 0 Å². The standard InChI is InChI=1S/C8H9N3O3S/c1-4-9-10-8(15-4)11-3-5(7(13)14)2-6(11)12/h5H,2-3H2,1H3,(H,13,14)/t5-/m0/s1. The minimum Gasteiger partial charge on any atom is -0.481 e. The molecule has 15 heavy (non-hydrogen) atoms. The fourth-order valence-corrected chi connectivity index (χ4v) is 2.17. The third-order valence-corrected chi connectivity index (χ3v) is 3.08. The summed E-state index contributed by atoms with van der Waals surface area (Å²) in [7, 11) is 0. The van der Waals surface area contributed by atoms with Crippen LogP contribution in [0.1, 0.15) is 11.4 Å². The first kappa shape index (κ1) is 10.0. The van der Waals surface area contributed by atoms with Crippen LogP contribution >= 0.6 is 11.3 Å². The second-order valence-electron chi connectivity index (χ2n) is 3.35. The van der Waals surface area contributed by atoms with E-state index in [1.54, 1.807) is 6.92 Å². The molecule has 0 saturated carbocycles. The van der Waals surface area contributed by atoms with Crippen LogP contribution in [0.4, 0.5) is 5.13 Å². The van der Waals surface area contributed by atoms with Crippen LogP contribution in [-0.2, 0) is 9.59 Å². The summed E-state index contributed by atoms with van der Waals surface area (Å²) in [4.78, 5) is 23.6. The number of anilines is 1. The number of nitrogens with zero attached hydrogens (tertiary/aromatic N) is 3. The molecule has 1 N–H and O–H groups in total. The van der Waals surface area contributed by atoms with Crippen LogP contribution in [0.25, 0.3) is 0 Å². The smallest absolute Gasteiger partial charge is 0.308 e. The van der Waals surface area contributed by atoms with Gasteiger partial charge < -0.3 is 5.11 Å². The highest BCUT2D eigenvalue weighted by Crippen LogP contribution is 2.27. The van der Waals surface area contributed by atoms with Gasteiger partial charge in [0.25, 0.3) is 0 Å². The summed E-state index contributed by atoms with van der Waals surface area (Å²) in [6, 6.07) is 0. The molecule has 2 heterocycles. The van der Waals surface area contributed by atoms with Gasteiger partial charge in [-0.25, -0.2) is 0 Å². The van der Waals surface area contributed by atoms with Crippen molar-refractivity contribution in [1.29, 1.82) is 0 Å². The molecular weight excluding hydrogens is 218 g/mol. The van der Waals surface area contributed by atoms with Crippen molar-refractivity contribution in [3.05, 3.63) is 5.01 Å². The van der Waals surface area contributed by atoms with Gasteiger partial charge >= 0.3 is 5.97 Å². The van der Waals surface area contributed by atoms with Crippen LogP contribution in [0.5, 0.6) is 0 Å². The van der Waals surface area contributed by atoms with Gasteiger partial charge in [-0.1, -0.05) is 11.3 Å². The van der Waals surface area contributed by atoms with Crippen LogP contribution in [0.3, 0.4) is 0 Å². The van der Waals surface area contributed by atoms with E-state index in [0.29, 0.717) is 5.13 Å². The summed E-state index contributed by atoms with van der Waals surface area (Å²) in [5.74, 6) is -1.76. The predicted molar refractivity (Wildman–Crippen MR) is 52.7 cm³/mol. The van der Waals surface area contributed by atoms with Crippen LogP contribution in [-0.4, -0.2) is 33.7 Å². The minimum atomic E-state index is -0.938. The highest BCUT2D eigenvalue weighted by Gasteiger charge is 2.36. The van der Waals surface area contributed by atoms with Gasteiger partial charge in [0, 0.05) is 13.0 Å². The van der Waals surface area contributed by atoms with Gasteiger partial charge in [-0.15, -0.1) is 10.2 Å². The van der Waals surface area contributed by atoms with Crippen LogP contribution in [0.2, 0.25) is 0 Å². The summed E-state index contributed by atoms with van der Waals surface area (Å²) < 4.78 is 0. The first-order valence-corrected chi connectivity index (χ1v) is 5.23. The number of carbonyl (C=O) groups is 2. The Morgan fingerprint density at radius 1 is 1.60 bits per heavy atom. The lowest BCUT2D eigenvalue weighted by Gasteiger charge is -2.10. The van der Waals surface area contributed by atoms with Crippen molar-refractivity contribution in [1.82, 2.24) is 10.2 Å². The van der Waals surface area contributed by atoms with E-state index in [2.05, 4.69) is 10.2 Å². The minimum absolute atomic E-state index is 0.0496. The molecule has 1 aromatic rings.